The molecule has 86 valence electrons. The number of rotatable bonds is 3. The molecule has 6 N–H and O–H groups in total. The van der Waals surface area contributed by atoms with Crippen LogP contribution in [0.3, 0.4) is 0 Å². The van der Waals surface area contributed by atoms with Gasteiger partial charge in [-0.3, -0.25) is 5.10 Å². The van der Waals surface area contributed by atoms with Crippen LogP contribution >= 0.6 is 0 Å². The zero-order valence-electron chi connectivity index (χ0n) is 8.46. The van der Waals surface area contributed by atoms with Crippen molar-refractivity contribution in [3.8, 4) is 0 Å². The molecule has 0 spiro atoms. The molecule has 0 saturated heterocycles. The van der Waals surface area contributed by atoms with E-state index in [1.165, 1.54) is 0 Å². The van der Waals surface area contributed by atoms with E-state index in [1.54, 1.807) is 18.2 Å². The molecule has 0 aliphatic carbocycles. The number of aromatic amines is 1. The van der Waals surface area contributed by atoms with Crippen LogP contribution in [-0.2, 0) is 0 Å². The largest absolute Gasteiger partial charge is 0.394 e. The Balaban J connectivity index is 2.39. The molecule has 0 aliphatic heterocycles. The van der Waals surface area contributed by atoms with E-state index < -0.39 is 18.8 Å². The Morgan fingerprint density at radius 2 is 2.12 bits per heavy atom. The third-order valence-corrected chi connectivity index (χ3v) is 2.51. The van der Waals surface area contributed by atoms with Crippen molar-refractivity contribution in [3.63, 3.8) is 0 Å². The average molecular weight is 223 g/mol. The number of nitrogens with zero attached hydrogens (tertiary/aromatic N) is 1. The van der Waals surface area contributed by atoms with Gasteiger partial charge in [0.15, 0.2) is 5.82 Å². The number of H-pyrrole nitrogens is 1. The first kappa shape index (κ1) is 10.9. The van der Waals surface area contributed by atoms with Gasteiger partial charge in [-0.15, -0.1) is 0 Å². The quantitative estimate of drug-likeness (QED) is 0.482. The molecule has 0 fully saturated rings. The van der Waals surface area contributed by atoms with E-state index in [1.807, 2.05) is 0 Å². The zero-order valence-corrected chi connectivity index (χ0v) is 8.46. The molecule has 0 bridgehead atoms. The summed E-state index contributed by atoms with van der Waals surface area (Å²) >= 11 is 0. The highest BCUT2D eigenvalue weighted by atomic mass is 16.4. The third-order valence-electron chi connectivity index (χ3n) is 2.51. The van der Waals surface area contributed by atoms with E-state index >= 15 is 0 Å². The highest BCUT2D eigenvalue weighted by Crippen LogP contribution is 2.23. The first-order valence-corrected chi connectivity index (χ1v) is 4.84. The monoisotopic (exact) mass is 223 g/mol. The van der Waals surface area contributed by atoms with Gasteiger partial charge in [0.25, 0.3) is 0 Å². The lowest BCUT2D eigenvalue weighted by Crippen LogP contribution is -2.21. The molecular weight excluding hydrogens is 210 g/mol. The smallest absolute Gasteiger partial charge is 0.153 e. The first-order chi connectivity index (χ1) is 7.63. The summed E-state index contributed by atoms with van der Waals surface area (Å²) in [5.74, 6) is 0.388. The van der Waals surface area contributed by atoms with Gasteiger partial charge in [0.05, 0.1) is 12.1 Å². The van der Waals surface area contributed by atoms with Gasteiger partial charge in [0.2, 0.25) is 0 Å². The number of aromatic nitrogens is 2. The lowest BCUT2D eigenvalue weighted by atomic mass is 10.0. The lowest BCUT2D eigenvalue weighted by molar-refractivity contribution is -0.0152. The fourth-order valence-electron chi connectivity index (χ4n) is 1.56. The maximum absolute atomic E-state index is 9.68. The summed E-state index contributed by atoms with van der Waals surface area (Å²) in [5.41, 5.74) is 6.77. The molecule has 1 aromatic heterocycles. The summed E-state index contributed by atoms with van der Waals surface area (Å²) in [6.45, 7) is -0.496. The molecule has 0 saturated carbocycles. The molecule has 0 amide bonds. The van der Waals surface area contributed by atoms with E-state index in [9.17, 15) is 10.2 Å². The normalized spacial score (nSPS) is 15.2. The van der Waals surface area contributed by atoms with Gasteiger partial charge in [-0.2, -0.15) is 5.10 Å². The second-order valence-electron chi connectivity index (χ2n) is 3.61. The third kappa shape index (κ3) is 1.73. The second-order valence-corrected chi connectivity index (χ2v) is 3.61. The molecule has 1 heterocycles. The van der Waals surface area contributed by atoms with E-state index in [0.29, 0.717) is 16.9 Å². The Morgan fingerprint density at radius 1 is 1.38 bits per heavy atom. The number of nitrogens with one attached hydrogen (secondary N) is 1. The van der Waals surface area contributed by atoms with E-state index in [4.69, 9.17) is 10.8 Å². The van der Waals surface area contributed by atoms with Crippen LogP contribution < -0.4 is 5.73 Å². The number of hydrogen-bond donors (Lipinski definition) is 5. The summed E-state index contributed by atoms with van der Waals surface area (Å²) in [6, 6.07) is 4.98. The Bertz CT molecular complexity index is 497. The van der Waals surface area contributed by atoms with Crippen molar-refractivity contribution < 1.29 is 15.3 Å². The molecule has 6 heteroatoms. The summed E-state index contributed by atoms with van der Waals surface area (Å²) in [6.07, 6.45) is -2.32. The van der Waals surface area contributed by atoms with Crippen molar-refractivity contribution in [2.75, 3.05) is 12.3 Å². The van der Waals surface area contributed by atoms with Crippen molar-refractivity contribution >= 4 is 16.7 Å². The van der Waals surface area contributed by atoms with E-state index in [2.05, 4.69) is 10.2 Å². The van der Waals surface area contributed by atoms with Crippen molar-refractivity contribution in [1.29, 1.82) is 0 Å². The van der Waals surface area contributed by atoms with Crippen molar-refractivity contribution in [2.45, 2.75) is 12.2 Å². The summed E-state index contributed by atoms with van der Waals surface area (Å²) < 4.78 is 0. The van der Waals surface area contributed by atoms with Crippen LogP contribution in [0.25, 0.3) is 10.9 Å². The van der Waals surface area contributed by atoms with Gasteiger partial charge in [-0.1, -0.05) is 6.07 Å². The topological polar surface area (TPSA) is 115 Å². The van der Waals surface area contributed by atoms with Crippen LogP contribution in [0.1, 0.15) is 11.7 Å². The molecule has 2 atom stereocenters. The zero-order chi connectivity index (χ0) is 11.7. The summed E-state index contributed by atoms with van der Waals surface area (Å²) in [7, 11) is 0. The molecule has 2 rings (SSSR count). The van der Waals surface area contributed by atoms with Gasteiger partial charge in [0.1, 0.15) is 12.2 Å². The molecule has 16 heavy (non-hydrogen) atoms. The summed E-state index contributed by atoms with van der Waals surface area (Å²) in [4.78, 5) is 0. The van der Waals surface area contributed by atoms with Crippen LogP contribution in [0.4, 0.5) is 5.82 Å². The average Bonchev–Trinajstić information content (AvgIpc) is 2.68. The Hall–Kier alpha value is -1.63. The number of hydrogen-bond acceptors (Lipinski definition) is 5. The number of benzene rings is 1. The second kappa shape index (κ2) is 4.09. The van der Waals surface area contributed by atoms with Gasteiger partial charge in [-0.25, -0.2) is 0 Å². The lowest BCUT2D eigenvalue weighted by Gasteiger charge is -2.15. The number of nitrogens with two attached hydrogens (primary N) is 1. The fourth-order valence-corrected chi connectivity index (χ4v) is 1.56. The molecule has 0 radical (unpaired) electrons. The molecule has 1 aromatic carbocycles. The van der Waals surface area contributed by atoms with Gasteiger partial charge in [0, 0.05) is 5.39 Å². The number of nitrogen functional groups attached to an aromatic ring is 1. The van der Waals surface area contributed by atoms with Crippen molar-refractivity contribution in [3.05, 3.63) is 23.8 Å². The maximum atomic E-state index is 9.68. The van der Waals surface area contributed by atoms with Gasteiger partial charge < -0.3 is 21.1 Å². The Kier molecular flexibility index (Phi) is 2.78. The number of aliphatic hydroxyl groups is 3. The van der Waals surface area contributed by atoms with Gasteiger partial charge >= 0.3 is 0 Å². The predicted octanol–water partition coefficient (Wildman–Crippen LogP) is -0.468. The standard InChI is InChI=1S/C10H13N3O3/c11-10-6-2-1-5(3-7(6)12-13-10)9(16)8(15)4-14/h1-3,8-9,14-16H,4H2,(H3,11,12,13). The number of aliphatic hydroxyl groups excluding tert-OH is 3. The van der Waals surface area contributed by atoms with E-state index in [-0.39, 0.29) is 0 Å². The summed E-state index contributed by atoms with van der Waals surface area (Å²) in [5, 5.41) is 35.0. The van der Waals surface area contributed by atoms with Crippen molar-refractivity contribution in [2.24, 2.45) is 0 Å². The SMILES string of the molecule is Nc1n[nH]c2cc(C(O)C(O)CO)ccc12. The number of anilines is 1. The van der Waals surface area contributed by atoms with Crippen LogP contribution in [0.15, 0.2) is 18.2 Å². The predicted molar refractivity (Wildman–Crippen MR) is 58.6 cm³/mol. The fraction of sp³-hybridized carbons (Fsp3) is 0.300. The van der Waals surface area contributed by atoms with Crippen LogP contribution in [0.2, 0.25) is 0 Å². The molecule has 2 unspecified atom stereocenters. The maximum Gasteiger partial charge on any atom is 0.153 e. The first-order valence-electron chi connectivity index (χ1n) is 4.84. The van der Waals surface area contributed by atoms with Gasteiger partial charge in [-0.05, 0) is 17.7 Å². The number of fused-ring (bicyclic) bond motifs is 1. The molecule has 0 aliphatic rings. The van der Waals surface area contributed by atoms with Crippen LogP contribution in [0, 0.1) is 0 Å². The molecule has 2 aromatic rings. The highest BCUT2D eigenvalue weighted by molar-refractivity contribution is 5.88. The van der Waals surface area contributed by atoms with Crippen molar-refractivity contribution in [1.82, 2.24) is 10.2 Å². The Morgan fingerprint density at radius 3 is 2.81 bits per heavy atom. The minimum absolute atomic E-state index is 0.388. The highest BCUT2D eigenvalue weighted by Gasteiger charge is 2.18. The van der Waals surface area contributed by atoms with E-state index in [0.717, 1.165) is 5.39 Å². The van der Waals surface area contributed by atoms with Crippen LogP contribution in [0.5, 0.6) is 0 Å². The minimum Gasteiger partial charge on any atom is -0.394 e. The Labute approximate surface area is 91.3 Å². The molecular formula is C10H13N3O3. The minimum atomic E-state index is -1.20. The molecule has 6 nitrogen and oxygen atoms in total. The van der Waals surface area contributed by atoms with Crippen LogP contribution in [-0.4, -0.2) is 38.2 Å².